The summed E-state index contributed by atoms with van der Waals surface area (Å²) in [5.74, 6) is -0.615. The molecule has 0 saturated carbocycles. The molecule has 2 aromatic heterocycles. The van der Waals surface area contributed by atoms with E-state index in [4.69, 9.17) is 0 Å². The van der Waals surface area contributed by atoms with Gasteiger partial charge in [-0.05, 0) is 29.7 Å². The van der Waals surface area contributed by atoms with Crippen molar-refractivity contribution in [1.29, 1.82) is 0 Å². The van der Waals surface area contributed by atoms with E-state index in [1.54, 1.807) is 25.5 Å². The average molecular weight is 377 g/mol. The summed E-state index contributed by atoms with van der Waals surface area (Å²) in [7, 11) is 1.54. The maximum Gasteiger partial charge on any atom is 0.269 e. The lowest BCUT2D eigenvalue weighted by Gasteiger charge is -2.14. The number of rotatable bonds is 7. The Balaban J connectivity index is 1.82. The van der Waals surface area contributed by atoms with Crippen LogP contribution in [0, 0.1) is 0 Å². The molecule has 2 heterocycles. The topological polar surface area (TPSA) is 99.8 Å². The molecule has 1 atom stereocenters. The molecule has 0 bridgehead atoms. The lowest BCUT2D eigenvalue weighted by molar-refractivity contribution is 0.0954. The second-order valence-corrected chi connectivity index (χ2v) is 6.49. The van der Waals surface area contributed by atoms with Crippen LogP contribution in [-0.4, -0.2) is 40.6 Å². The lowest BCUT2D eigenvalue weighted by Crippen LogP contribution is -2.27. The van der Waals surface area contributed by atoms with E-state index in [0.29, 0.717) is 24.2 Å². The number of amides is 2. The number of hydrogen-bond acceptors (Lipinski definition) is 4. The van der Waals surface area contributed by atoms with Crippen LogP contribution in [0.15, 0.2) is 54.9 Å². The van der Waals surface area contributed by atoms with Gasteiger partial charge in [0.05, 0.1) is 6.20 Å². The van der Waals surface area contributed by atoms with Gasteiger partial charge in [0.25, 0.3) is 11.8 Å². The summed E-state index contributed by atoms with van der Waals surface area (Å²) in [6.07, 6.45) is 4.19. The molecule has 2 amide bonds. The van der Waals surface area contributed by atoms with E-state index >= 15 is 0 Å². The van der Waals surface area contributed by atoms with Gasteiger partial charge in [-0.1, -0.05) is 37.3 Å². The smallest absolute Gasteiger partial charge is 0.269 e. The first-order chi connectivity index (χ1) is 13.6. The van der Waals surface area contributed by atoms with Crippen LogP contribution in [0.25, 0.3) is 0 Å². The summed E-state index contributed by atoms with van der Waals surface area (Å²) >= 11 is 0. The second kappa shape index (κ2) is 8.94. The zero-order valence-electron chi connectivity index (χ0n) is 15.9. The molecule has 0 fully saturated rings. The van der Waals surface area contributed by atoms with Crippen LogP contribution in [-0.2, 0) is 6.42 Å². The average Bonchev–Trinajstić information content (AvgIpc) is 3.26. The molecular formula is C21H23N5O2. The lowest BCUT2D eigenvalue weighted by atomic mass is 9.96. The number of H-pyrrole nitrogens is 1. The van der Waals surface area contributed by atoms with Gasteiger partial charge in [-0.15, -0.1) is 0 Å². The Bertz CT molecular complexity index is 939. The van der Waals surface area contributed by atoms with Crippen molar-refractivity contribution in [2.24, 2.45) is 0 Å². The van der Waals surface area contributed by atoms with Gasteiger partial charge in [-0.2, -0.15) is 5.10 Å². The molecule has 7 nitrogen and oxygen atoms in total. The fourth-order valence-corrected chi connectivity index (χ4v) is 2.90. The number of carbonyl (C=O) groups excluding carboxylic acids is 2. The zero-order chi connectivity index (χ0) is 19.9. The van der Waals surface area contributed by atoms with Crippen LogP contribution in [0.5, 0.6) is 0 Å². The van der Waals surface area contributed by atoms with E-state index < -0.39 is 0 Å². The summed E-state index contributed by atoms with van der Waals surface area (Å²) in [5, 5.41) is 12.1. The van der Waals surface area contributed by atoms with Crippen molar-refractivity contribution in [1.82, 2.24) is 25.8 Å². The summed E-state index contributed by atoms with van der Waals surface area (Å²) in [5.41, 5.74) is 3.39. The Morgan fingerprint density at radius 3 is 2.61 bits per heavy atom. The summed E-state index contributed by atoms with van der Waals surface area (Å²) < 4.78 is 0. The van der Waals surface area contributed by atoms with Gasteiger partial charge in [-0.25, -0.2) is 4.98 Å². The van der Waals surface area contributed by atoms with Gasteiger partial charge in [-0.3, -0.25) is 14.7 Å². The van der Waals surface area contributed by atoms with E-state index in [0.717, 1.165) is 11.1 Å². The van der Waals surface area contributed by atoms with Crippen molar-refractivity contribution >= 4 is 11.8 Å². The third-order valence-electron chi connectivity index (χ3n) is 4.56. The largest absolute Gasteiger partial charge is 0.354 e. The minimum Gasteiger partial charge on any atom is -0.354 e. The van der Waals surface area contributed by atoms with Gasteiger partial charge < -0.3 is 10.6 Å². The number of hydrogen-bond donors (Lipinski definition) is 3. The second-order valence-electron chi connectivity index (χ2n) is 6.49. The molecule has 3 aromatic rings. The molecule has 0 aliphatic carbocycles. The SMILES string of the molecule is CNC(=O)c1cc(C(=O)NCCc2cn[nH]c2)cc([C@@H](C)c2ccccc2)n1. The van der Waals surface area contributed by atoms with Crippen molar-refractivity contribution in [3.8, 4) is 0 Å². The molecule has 7 heteroatoms. The molecule has 3 rings (SSSR count). The highest BCUT2D eigenvalue weighted by atomic mass is 16.2. The van der Waals surface area contributed by atoms with Crippen LogP contribution < -0.4 is 10.6 Å². The molecule has 0 unspecified atom stereocenters. The Morgan fingerprint density at radius 2 is 1.93 bits per heavy atom. The molecule has 28 heavy (non-hydrogen) atoms. The van der Waals surface area contributed by atoms with Crippen molar-refractivity contribution in [2.45, 2.75) is 19.3 Å². The predicted molar refractivity (Wildman–Crippen MR) is 106 cm³/mol. The maximum absolute atomic E-state index is 12.7. The molecule has 0 spiro atoms. The Morgan fingerprint density at radius 1 is 1.14 bits per heavy atom. The fraction of sp³-hybridized carbons (Fsp3) is 0.238. The van der Waals surface area contributed by atoms with Gasteiger partial charge >= 0.3 is 0 Å². The number of aromatic amines is 1. The molecule has 0 radical (unpaired) electrons. The number of nitrogens with one attached hydrogen (secondary N) is 3. The summed E-state index contributed by atoms with van der Waals surface area (Å²) in [6, 6.07) is 13.1. The third kappa shape index (κ3) is 4.62. The summed E-state index contributed by atoms with van der Waals surface area (Å²) in [6.45, 7) is 2.48. The fourth-order valence-electron chi connectivity index (χ4n) is 2.90. The third-order valence-corrected chi connectivity index (χ3v) is 4.56. The standard InChI is InChI=1S/C21H23N5O2/c1-14(16-6-4-3-5-7-16)18-10-17(11-19(26-18)21(28)22-2)20(27)23-9-8-15-12-24-25-13-15/h3-7,10-14H,8-9H2,1-2H3,(H,22,28)(H,23,27)(H,24,25)/t14-/m0/s1. The van der Waals surface area contributed by atoms with E-state index in [9.17, 15) is 9.59 Å². The van der Waals surface area contributed by atoms with Crippen molar-refractivity contribution in [3.63, 3.8) is 0 Å². The molecule has 0 aliphatic heterocycles. The van der Waals surface area contributed by atoms with E-state index in [1.165, 1.54) is 6.07 Å². The zero-order valence-corrected chi connectivity index (χ0v) is 15.9. The first kappa shape index (κ1) is 19.3. The normalized spacial score (nSPS) is 11.6. The number of benzene rings is 1. The quantitative estimate of drug-likeness (QED) is 0.588. The highest BCUT2D eigenvalue weighted by molar-refractivity contribution is 5.98. The molecule has 144 valence electrons. The molecule has 0 aliphatic rings. The highest BCUT2D eigenvalue weighted by Crippen LogP contribution is 2.23. The first-order valence-corrected chi connectivity index (χ1v) is 9.13. The van der Waals surface area contributed by atoms with Crippen LogP contribution in [0.2, 0.25) is 0 Å². The monoisotopic (exact) mass is 377 g/mol. The van der Waals surface area contributed by atoms with Gasteiger partial charge in [0, 0.05) is 37.0 Å². The van der Waals surface area contributed by atoms with E-state index in [2.05, 4.69) is 25.8 Å². The van der Waals surface area contributed by atoms with Gasteiger partial charge in [0.2, 0.25) is 0 Å². The van der Waals surface area contributed by atoms with Crippen molar-refractivity contribution in [3.05, 3.63) is 82.9 Å². The molecule has 1 aromatic carbocycles. The maximum atomic E-state index is 12.7. The first-order valence-electron chi connectivity index (χ1n) is 9.13. The predicted octanol–water partition coefficient (Wildman–Crippen LogP) is 2.29. The molecular weight excluding hydrogens is 354 g/mol. The van der Waals surface area contributed by atoms with Crippen LogP contribution in [0.4, 0.5) is 0 Å². The Labute approximate surface area is 163 Å². The van der Waals surface area contributed by atoms with Crippen LogP contribution in [0.3, 0.4) is 0 Å². The van der Waals surface area contributed by atoms with Gasteiger partial charge in [0.1, 0.15) is 5.69 Å². The Kier molecular flexibility index (Phi) is 6.16. The van der Waals surface area contributed by atoms with Crippen LogP contribution in [0.1, 0.15) is 50.5 Å². The molecule has 0 saturated heterocycles. The minimum absolute atomic E-state index is 0.0525. The minimum atomic E-state index is -0.324. The van der Waals surface area contributed by atoms with Crippen LogP contribution >= 0.6 is 0 Å². The van der Waals surface area contributed by atoms with Gasteiger partial charge in [0.15, 0.2) is 0 Å². The number of carbonyl (C=O) groups is 2. The summed E-state index contributed by atoms with van der Waals surface area (Å²) in [4.78, 5) is 29.3. The Hall–Kier alpha value is -3.48. The van der Waals surface area contributed by atoms with E-state index in [1.807, 2.05) is 37.3 Å². The number of aromatic nitrogens is 3. The van der Waals surface area contributed by atoms with E-state index in [-0.39, 0.29) is 23.4 Å². The van der Waals surface area contributed by atoms with Crippen molar-refractivity contribution in [2.75, 3.05) is 13.6 Å². The number of nitrogens with zero attached hydrogens (tertiary/aromatic N) is 2. The van der Waals surface area contributed by atoms with Crippen molar-refractivity contribution < 1.29 is 9.59 Å². The molecule has 3 N–H and O–H groups in total. The number of pyridine rings is 1. The highest BCUT2D eigenvalue weighted by Gasteiger charge is 2.18.